The monoisotopic (exact) mass is 378 g/mol. The first-order chi connectivity index (χ1) is 12.5. The minimum Gasteiger partial charge on any atom is -0.497 e. The second-order valence-electron chi connectivity index (χ2n) is 5.29. The molecule has 0 aliphatic carbocycles. The summed E-state index contributed by atoms with van der Waals surface area (Å²) in [6.45, 7) is -0.375. The van der Waals surface area contributed by atoms with Gasteiger partial charge in [-0.2, -0.15) is 0 Å². The highest BCUT2D eigenvalue weighted by Crippen LogP contribution is 2.26. The quantitative estimate of drug-likeness (QED) is 0.518. The van der Waals surface area contributed by atoms with E-state index in [1.165, 1.54) is 20.3 Å². The lowest BCUT2D eigenvalue weighted by Gasteiger charge is -2.10. The molecule has 0 atom stereocenters. The molecule has 2 aromatic rings. The van der Waals surface area contributed by atoms with Crippen molar-refractivity contribution in [1.82, 2.24) is 0 Å². The fraction of sp³-hybridized carbons (Fsp3) is 0.263. The van der Waals surface area contributed by atoms with Crippen molar-refractivity contribution in [2.45, 2.75) is 6.42 Å². The van der Waals surface area contributed by atoms with E-state index < -0.39 is 5.97 Å². The highest BCUT2D eigenvalue weighted by molar-refractivity contribution is 6.32. The molecular weight excluding hydrogens is 360 g/mol. The summed E-state index contributed by atoms with van der Waals surface area (Å²) in [5.41, 5.74) is 0.976. The van der Waals surface area contributed by atoms with Crippen LogP contribution in [-0.4, -0.2) is 39.7 Å². The topological polar surface area (TPSA) is 71.1 Å². The molecule has 7 heteroatoms. The Hall–Kier alpha value is -2.73. The number of esters is 1. The van der Waals surface area contributed by atoms with Crippen LogP contribution in [0.4, 0.5) is 0 Å². The van der Waals surface area contributed by atoms with E-state index in [0.717, 1.165) is 0 Å². The molecule has 0 aromatic heterocycles. The minimum absolute atomic E-state index is 0.0240. The van der Waals surface area contributed by atoms with Gasteiger partial charge >= 0.3 is 5.97 Å². The Kier molecular flexibility index (Phi) is 6.86. The van der Waals surface area contributed by atoms with Crippen molar-refractivity contribution < 1.29 is 28.5 Å². The van der Waals surface area contributed by atoms with Gasteiger partial charge in [-0.1, -0.05) is 17.7 Å². The second kappa shape index (κ2) is 9.10. The summed E-state index contributed by atoms with van der Waals surface area (Å²) in [7, 11) is 4.53. The van der Waals surface area contributed by atoms with Crippen molar-refractivity contribution >= 4 is 23.4 Å². The summed E-state index contributed by atoms with van der Waals surface area (Å²) in [5, 5.41) is 0.313. The fourth-order valence-electron chi connectivity index (χ4n) is 2.27. The lowest BCUT2D eigenvalue weighted by molar-refractivity contribution is -0.141. The Morgan fingerprint density at radius 1 is 0.923 bits per heavy atom. The molecule has 0 saturated carbocycles. The van der Waals surface area contributed by atoms with E-state index in [2.05, 4.69) is 0 Å². The third kappa shape index (κ3) is 4.89. The number of methoxy groups -OCH3 is 3. The number of carbonyl (C=O) groups excluding carboxylic acids is 2. The molecule has 0 bridgehead atoms. The van der Waals surface area contributed by atoms with Crippen molar-refractivity contribution in [3.05, 3.63) is 52.5 Å². The van der Waals surface area contributed by atoms with Crippen LogP contribution in [0.5, 0.6) is 17.2 Å². The molecule has 0 spiro atoms. The van der Waals surface area contributed by atoms with Crippen molar-refractivity contribution in [2.24, 2.45) is 0 Å². The maximum atomic E-state index is 12.1. The molecule has 0 saturated heterocycles. The largest absolute Gasteiger partial charge is 0.497 e. The summed E-state index contributed by atoms with van der Waals surface area (Å²) < 4.78 is 20.4. The van der Waals surface area contributed by atoms with E-state index >= 15 is 0 Å². The van der Waals surface area contributed by atoms with Crippen LogP contribution in [0.2, 0.25) is 5.02 Å². The van der Waals surface area contributed by atoms with E-state index in [9.17, 15) is 9.59 Å². The third-order valence-electron chi connectivity index (χ3n) is 3.67. The Bertz CT molecular complexity index is 803. The number of rotatable bonds is 8. The normalized spacial score (nSPS) is 10.2. The molecule has 0 unspecified atom stereocenters. The number of ketones is 1. The van der Waals surface area contributed by atoms with Gasteiger partial charge in [0.1, 0.15) is 17.2 Å². The molecule has 2 rings (SSSR count). The molecule has 6 nitrogen and oxygen atoms in total. The first kappa shape index (κ1) is 19.6. The van der Waals surface area contributed by atoms with Crippen LogP contribution in [0.1, 0.15) is 15.9 Å². The molecule has 0 radical (unpaired) electrons. The maximum absolute atomic E-state index is 12.1. The van der Waals surface area contributed by atoms with Gasteiger partial charge in [-0.25, -0.2) is 0 Å². The molecule has 138 valence electrons. The van der Waals surface area contributed by atoms with Crippen LogP contribution in [0.25, 0.3) is 0 Å². The van der Waals surface area contributed by atoms with Crippen molar-refractivity contribution in [1.29, 1.82) is 0 Å². The highest BCUT2D eigenvalue weighted by atomic mass is 35.5. The summed E-state index contributed by atoms with van der Waals surface area (Å²) in [6.07, 6.45) is -0.0240. The molecule has 0 aliphatic heterocycles. The van der Waals surface area contributed by atoms with E-state index in [1.54, 1.807) is 37.4 Å². The highest BCUT2D eigenvalue weighted by Gasteiger charge is 2.15. The summed E-state index contributed by atoms with van der Waals surface area (Å²) in [5.74, 6) is 0.693. The molecule has 2 aromatic carbocycles. The van der Waals surface area contributed by atoms with Gasteiger partial charge in [-0.05, 0) is 24.3 Å². The first-order valence-corrected chi connectivity index (χ1v) is 8.09. The number of carbonyl (C=O) groups is 2. The third-order valence-corrected chi connectivity index (χ3v) is 3.96. The molecule has 0 N–H and O–H groups in total. The zero-order valence-corrected chi connectivity index (χ0v) is 15.5. The Morgan fingerprint density at radius 2 is 1.65 bits per heavy atom. The van der Waals surface area contributed by atoms with Crippen LogP contribution < -0.4 is 14.2 Å². The summed E-state index contributed by atoms with van der Waals surface area (Å²) >= 11 is 5.99. The zero-order valence-electron chi connectivity index (χ0n) is 14.7. The maximum Gasteiger partial charge on any atom is 0.310 e. The molecule has 0 heterocycles. The van der Waals surface area contributed by atoms with Crippen LogP contribution in [0.3, 0.4) is 0 Å². The van der Waals surface area contributed by atoms with E-state index in [0.29, 0.717) is 33.4 Å². The van der Waals surface area contributed by atoms with E-state index in [4.69, 9.17) is 30.5 Å². The number of hydrogen-bond donors (Lipinski definition) is 0. The van der Waals surface area contributed by atoms with Gasteiger partial charge in [0.25, 0.3) is 0 Å². The predicted molar refractivity (Wildman–Crippen MR) is 96.5 cm³/mol. The fourth-order valence-corrected chi connectivity index (χ4v) is 2.53. The van der Waals surface area contributed by atoms with Crippen molar-refractivity contribution in [3.8, 4) is 17.2 Å². The van der Waals surface area contributed by atoms with Gasteiger partial charge in [0.05, 0.1) is 32.8 Å². The molecule has 26 heavy (non-hydrogen) atoms. The Labute approximate surface area is 156 Å². The zero-order chi connectivity index (χ0) is 19.1. The van der Waals surface area contributed by atoms with Gasteiger partial charge in [0.15, 0.2) is 12.4 Å². The van der Waals surface area contributed by atoms with Crippen LogP contribution in [0.15, 0.2) is 36.4 Å². The van der Waals surface area contributed by atoms with Crippen molar-refractivity contribution in [3.63, 3.8) is 0 Å². The van der Waals surface area contributed by atoms with Crippen LogP contribution in [-0.2, 0) is 16.0 Å². The second-order valence-corrected chi connectivity index (χ2v) is 5.69. The van der Waals surface area contributed by atoms with E-state index in [1.807, 2.05) is 0 Å². The lowest BCUT2D eigenvalue weighted by atomic mass is 10.1. The number of hydrogen-bond acceptors (Lipinski definition) is 6. The average molecular weight is 379 g/mol. The molecule has 0 aliphatic rings. The predicted octanol–water partition coefficient (Wildman–Crippen LogP) is 3.33. The average Bonchev–Trinajstić information content (AvgIpc) is 2.66. The minimum atomic E-state index is -0.540. The summed E-state index contributed by atoms with van der Waals surface area (Å²) in [6, 6.07) is 9.73. The first-order valence-electron chi connectivity index (χ1n) is 7.71. The van der Waals surface area contributed by atoms with Gasteiger partial charge < -0.3 is 18.9 Å². The molecule has 0 amide bonds. The number of halogens is 1. The van der Waals surface area contributed by atoms with Crippen LogP contribution >= 0.6 is 11.6 Å². The van der Waals surface area contributed by atoms with Gasteiger partial charge in [-0.15, -0.1) is 0 Å². The smallest absolute Gasteiger partial charge is 0.310 e. The summed E-state index contributed by atoms with van der Waals surface area (Å²) in [4.78, 5) is 24.2. The van der Waals surface area contributed by atoms with Gasteiger partial charge in [-0.3, -0.25) is 9.59 Å². The molecule has 0 fully saturated rings. The molecular formula is C19H19ClO6. The van der Waals surface area contributed by atoms with Gasteiger partial charge in [0.2, 0.25) is 0 Å². The lowest BCUT2D eigenvalue weighted by Crippen LogP contribution is -2.16. The number of ether oxygens (including phenoxy) is 4. The Balaban J connectivity index is 1.96. The Morgan fingerprint density at radius 3 is 2.27 bits per heavy atom. The SMILES string of the molecule is COc1ccc(CC(=O)OCC(=O)c2ccc(OC)c(Cl)c2)c(OC)c1. The van der Waals surface area contributed by atoms with Gasteiger partial charge in [0, 0.05) is 17.2 Å². The van der Waals surface area contributed by atoms with E-state index in [-0.39, 0.29) is 18.8 Å². The number of benzene rings is 2. The van der Waals surface area contributed by atoms with Crippen LogP contribution in [0, 0.1) is 0 Å². The standard InChI is InChI=1S/C19H19ClO6/c1-23-14-6-4-13(18(10-14)25-3)9-19(22)26-11-16(21)12-5-7-17(24-2)15(20)8-12/h4-8,10H,9,11H2,1-3H3. The number of Topliss-reactive ketones (excluding diaryl/α,β-unsaturated/α-hetero) is 1. The van der Waals surface area contributed by atoms with Crippen molar-refractivity contribution in [2.75, 3.05) is 27.9 Å².